The molecule has 1 heterocycles. The van der Waals surface area contributed by atoms with Crippen LogP contribution < -0.4 is 0 Å². The van der Waals surface area contributed by atoms with Gasteiger partial charge in [0.2, 0.25) is 0 Å². The second-order valence-electron chi connectivity index (χ2n) is 3.57. The highest BCUT2D eigenvalue weighted by atomic mass is 16.5. The average Bonchev–Trinajstić information content (AvgIpc) is 2.38. The Hall–Kier alpha value is -1.05. The minimum Gasteiger partial charge on any atom is -0.455 e. The van der Waals surface area contributed by atoms with Crippen LogP contribution in [0.3, 0.4) is 0 Å². The molecule has 14 heavy (non-hydrogen) atoms. The van der Waals surface area contributed by atoms with Gasteiger partial charge in [0.05, 0.1) is 0 Å². The SMILES string of the molecule is CCCCCCC1C=CC=CC(=O)O1. The maximum atomic E-state index is 11.0. The van der Waals surface area contributed by atoms with Crippen LogP contribution in [-0.4, -0.2) is 12.1 Å². The molecule has 0 spiro atoms. The number of carbonyl (C=O) groups is 1. The van der Waals surface area contributed by atoms with Crippen LogP contribution in [0.2, 0.25) is 0 Å². The van der Waals surface area contributed by atoms with Gasteiger partial charge in [-0.25, -0.2) is 4.79 Å². The first-order valence-electron chi connectivity index (χ1n) is 5.38. The zero-order valence-electron chi connectivity index (χ0n) is 8.74. The molecular weight excluding hydrogens is 176 g/mol. The maximum Gasteiger partial charge on any atom is 0.331 e. The standard InChI is InChI=1S/C12H18O2/c1-2-3-4-5-8-11-9-6-7-10-12(13)14-11/h6-7,9-11H,2-5,8H2,1H3. The fourth-order valence-electron chi connectivity index (χ4n) is 1.48. The molecule has 0 aromatic rings. The van der Waals surface area contributed by atoms with Gasteiger partial charge >= 0.3 is 5.97 Å². The van der Waals surface area contributed by atoms with Crippen LogP contribution in [0.4, 0.5) is 0 Å². The van der Waals surface area contributed by atoms with E-state index in [1.54, 1.807) is 6.08 Å². The first-order chi connectivity index (χ1) is 6.83. The van der Waals surface area contributed by atoms with Crippen molar-refractivity contribution in [3.63, 3.8) is 0 Å². The van der Waals surface area contributed by atoms with E-state index >= 15 is 0 Å². The van der Waals surface area contributed by atoms with E-state index in [0.29, 0.717) is 0 Å². The van der Waals surface area contributed by atoms with Gasteiger partial charge in [0.15, 0.2) is 0 Å². The number of allylic oxidation sites excluding steroid dienone is 2. The summed E-state index contributed by atoms with van der Waals surface area (Å²) >= 11 is 0. The summed E-state index contributed by atoms with van der Waals surface area (Å²) in [6.07, 6.45) is 12.8. The average molecular weight is 194 g/mol. The molecular formula is C12H18O2. The van der Waals surface area contributed by atoms with E-state index in [1.807, 2.05) is 12.2 Å². The van der Waals surface area contributed by atoms with Gasteiger partial charge in [-0.3, -0.25) is 0 Å². The lowest BCUT2D eigenvalue weighted by atomic mass is 10.1. The molecule has 1 unspecified atom stereocenters. The van der Waals surface area contributed by atoms with Crippen molar-refractivity contribution in [3.05, 3.63) is 24.3 Å². The number of carbonyl (C=O) groups excluding carboxylic acids is 1. The van der Waals surface area contributed by atoms with Gasteiger partial charge in [-0.2, -0.15) is 0 Å². The topological polar surface area (TPSA) is 26.3 Å². The normalized spacial score (nSPS) is 20.6. The minimum atomic E-state index is -0.226. The Morgan fingerprint density at radius 1 is 1.29 bits per heavy atom. The maximum absolute atomic E-state index is 11.0. The second-order valence-corrected chi connectivity index (χ2v) is 3.57. The zero-order valence-corrected chi connectivity index (χ0v) is 8.74. The molecule has 0 saturated carbocycles. The van der Waals surface area contributed by atoms with Crippen LogP contribution in [0.1, 0.15) is 39.0 Å². The highest BCUT2D eigenvalue weighted by molar-refractivity contribution is 5.82. The highest BCUT2D eigenvalue weighted by Gasteiger charge is 2.10. The Morgan fingerprint density at radius 3 is 2.93 bits per heavy atom. The summed E-state index contributed by atoms with van der Waals surface area (Å²) in [5.41, 5.74) is 0. The second kappa shape index (κ2) is 6.41. The van der Waals surface area contributed by atoms with E-state index < -0.39 is 0 Å². The van der Waals surface area contributed by atoms with Crippen molar-refractivity contribution in [3.8, 4) is 0 Å². The summed E-state index contributed by atoms with van der Waals surface area (Å²) in [6, 6.07) is 0. The van der Waals surface area contributed by atoms with E-state index in [-0.39, 0.29) is 12.1 Å². The lowest BCUT2D eigenvalue weighted by Gasteiger charge is -2.11. The Kier molecular flexibility index (Phi) is 5.05. The highest BCUT2D eigenvalue weighted by Crippen LogP contribution is 2.11. The molecule has 2 heteroatoms. The molecule has 2 nitrogen and oxygen atoms in total. The van der Waals surface area contributed by atoms with Gasteiger partial charge in [0.1, 0.15) is 6.10 Å². The fourth-order valence-corrected chi connectivity index (χ4v) is 1.48. The van der Waals surface area contributed by atoms with Crippen LogP contribution in [-0.2, 0) is 9.53 Å². The van der Waals surface area contributed by atoms with Gasteiger partial charge in [-0.1, -0.05) is 38.3 Å². The molecule has 1 atom stereocenters. The Morgan fingerprint density at radius 2 is 2.14 bits per heavy atom. The van der Waals surface area contributed by atoms with Crippen molar-refractivity contribution in [1.29, 1.82) is 0 Å². The lowest BCUT2D eigenvalue weighted by Crippen LogP contribution is -2.13. The number of hydrogen-bond donors (Lipinski definition) is 0. The first-order valence-corrected chi connectivity index (χ1v) is 5.38. The summed E-state index contributed by atoms with van der Waals surface area (Å²) in [4.78, 5) is 11.0. The molecule has 0 aromatic heterocycles. The number of rotatable bonds is 5. The molecule has 0 radical (unpaired) electrons. The molecule has 78 valence electrons. The molecule has 0 saturated heterocycles. The summed E-state index contributed by atoms with van der Waals surface area (Å²) in [6.45, 7) is 2.19. The van der Waals surface area contributed by atoms with E-state index in [4.69, 9.17) is 4.74 Å². The molecule has 0 amide bonds. The fraction of sp³-hybridized carbons (Fsp3) is 0.583. The number of ether oxygens (including phenoxy) is 1. The van der Waals surface area contributed by atoms with Crippen LogP contribution in [0.5, 0.6) is 0 Å². The van der Waals surface area contributed by atoms with Crippen molar-refractivity contribution in [2.75, 3.05) is 0 Å². The van der Waals surface area contributed by atoms with Gasteiger partial charge < -0.3 is 4.74 Å². The quantitative estimate of drug-likeness (QED) is 0.496. The number of cyclic esters (lactones) is 1. The Bertz CT molecular complexity index is 228. The lowest BCUT2D eigenvalue weighted by molar-refractivity contribution is -0.141. The summed E-state index contributed by atoms with van der Waals surface area (Å²) in [7, 11) is 0. The Labute approximate surface area is 85.6 Å². The van der Waals surface area contributed by atoms with E-state index in [2.05, 4.69) is 6.92 Å². The van der Waals surface area contributed by atoms with E-state index in [9.17, 15) is 4.79 Å². The van der Waals surface area contributed by atoms with Crippen molar-refractivity contribution in [2.24, 2.45) is 0 Å². The van der Waals surface area contributed by atoms with Gasteiger partial charge in [0.25, 0.3) is 0 Å². The molecule has 0 bridgehead atoms. The third-order valence-corrected chi connectivity index (χ3v) is 2.28. The van der Waals surface area contributed by atoms with Crippen LogP contribution in [0.15, 0.2) is 24.3 Å². The van der Waals surface area contributed by atoms with Crippen molar-refractivity contribution in [2.45, 2.75) is 45.1 Å². The molecule has 0 fully saturated rings. The third kappa shape index (κ3) is 4.26. The zero-order chi connectivity index (χ0) is 10.2. The molecule has 0 N–H and O–H groups in total. The minimum absolute atomic E-state index is 0.0191. The van der Waals surface area contributed by atoms with E-state index in [1.165, 1.54) is 25.3 Å². The largest absolute Gasteiger partial charge is 0.455 e. The van der Waals surface area contributed by atoms with Crippen LogP contribution >= 0.6 is 0 Å². The van der Waals surface area contributed by atoms with E-state index in [0.717, 1.165) is 12.8 Å². The summed E-state index contributed by atoms with van der Waals surface area (Å²) in [5, 5.41) is 0. The van der Waals surface area contributed by atoms with Crippen molar-refractivity contribution in [1.82, 2.24) is 0 Å². The molecule has 1 aliphatic heterocycles. The first kappa shape index (κ1) is 11.0. The predicted octanol–water partition coefficient (Wildman–Crippen LogP) is 2.99. The number of hydrogen-bond acceptors (Lipinski definition) is 2. The molecule has 1 rings (SSSR count). The summed E-state index contributed by atoms with van der Waals surface area (Å²) < 4.78 is 5.18. The molecule has 0 aromatic carbocycles. The monoisotopic (exact) mass is 194 g/mol. The van der Waals surface area contributed by atoms with Crippen LogP contribution in [0.25, 0.3) is 0 Å². The summed E-state index contributed by atoms with van der Waals surface area (Å²) in [5.74, 6) is -0.226. The van der Waals surface area contributed by atoms with Crippen LogP contribution in [0, 0.1) is 0 Å². The Balaban J connectivity index is 2.20. The van der Waals surface area contributed by atoms with Gasteiger partial charge in [-0.05, 0) is 18.9 Å². The smallest absolute Gasteiger partial charge is 0.331 e. The number of esters is 1. The van der Waals surface area contributed by atoms with Gasteiger partial charge in [-0.15, -0.1) is 0 Å². The third-order valence-electron chi connectivity index (χ3n) is 2.28. The van der Waals surface area contributed by atoms with Crippen molar-refractivity contribution < 1.29 is 9.53 Å². The molecule has 0 aliphatic carbocycles. The predicted molar refractivity (Wildman–Crippen MR) is 56.9 cm³/mol. The molecule has 1 aliphatic rings. The van der Waals surface area contributed by atoms with Gasteiger partial charge in [0, 0.05) is 6.08 Å². The van der Waals surface area contributed by atoms with Crippen molar-refractivity contribution >= 4 is 5.97 Å². The number of unbranched alkanes of at least 4 members (excludes halogenated alkanes) is 3.